The van der Waals surface area contributed by atoms with Crippen LogP contribution in [0.1, 0.15) is 49.7 Å². The van der Waals surface area contributed by atoms with Gasteiger partial charge in [-0.1, -0.05) is 12.7 Å². The van der Waals surface area contributed by atoms with Gasteiger partial charge in [0.05, 0.1) is 17.3 Å². The first kappa shape index (κ1) is 20.0. The van der Waals surface area contributed by atoms with Gasteiger partial charge in [-0.15, -0.1) is 11.3 Å². The van der Waals surface area contributed by atoms with E-state index >= 15 is 0 Å². The average Bonchev–Trinajstić information content (AvgIpc) is 3.42. The fraction of sp³-hybridized carbons (Fsp3) is 0.375. The van der Waals surface area contributed by atoms with Crippen LogP contribution >= 0.6 is 11.3 Å². The number of amides is 1. The molecule has 0 saturated carbocycles. The van der Waals surface area contributed by atoms with Crippen molar-refractivity contribution in [3.05, 3.63) is 53.8 Å². The third kappa shape index (κ3) is 3.47. The summed E-state index contributed by atoms with van der Waals surface area (Å²) in [5.74, 6) is 0.830. The first-order valence-electron chi connectivity index (χ1n) is 10.8. The van der Waals surface area contributed by atoms with Crippen LogP contribution in [-0.2, 0) is 4.79 Å². The Labute approximate surface area is 186 Å². The second-order valence-corrected chi connectivity index (χ2v) is 9.89. The minimum absolute atomic E-state index is 0.0291. The number of hydrogen-bond acceptors (Lipinski definition) is 5. The number of carbonyl (C=O) groups excluding carboxylic acids is 1. The Balaban J connectivity index is 1.61. The zero-order valence-corrected chi connectivity index (χ0v) is 18.9. The highest BCUT2D eigenvalue weighted by atomic mass is 32.1. The number of thiazole rings is 1. The molecule has 7 heteroatoms. The zero-order chi connectivity index (χ0) is 21.7. The lowest BCUT2D eigenvalue weighted by Crippen LogP contribution is -2.42. The van der Waals surface area contributed by atoms with Crippen molar-refractivity contribution in [3.63, 3.8) is 0 Å². The summed E-state index contributed by atoms with van der Waals surface area (Å²) in [5.41, 5.74) is 3.40. The molecular weight excluding hydrogens is 406 g/mol. The van der Waals surface area contributed by atoms with Gasteiger partial charge in [0.25, 0.3) is 0 Å². The fourth-order valence-electron chi connectivity index (χ4n) is 4.89. The van der Waals surface area contributed by atoms with Crippen molar-refractivity contribution in [2.45, 2.75) is 58.2 Å². The van der Waals surface area contributed by atoms with Gasteiger partial charge in [0.15, 0.2) is 5.13 Å². The van der Waals surface area contributed by atoms with E-state index in [1.165, 1.54) is 11.6 Å². The minimum atomic E-state index is 0.0291. The number of nitrogens with one attached hydrogen (secondary N) is 1. The first-order valence-corrected chi connectivity index (χ1v) is 11.6. The lowest BCUT2D eigenvalue weighted by Gasteiger charge is -2.33. The summed E-state index contributed by atoms with van der Waals surface area (Å²) in [7, 11) is 0. The van der Waals surface area contributed by atoms with Crippen LogP contribution in [0, 0.1) is 6.92 Å². The van der Waals surface area contributed by atoms with Crippen LogP contribution in [0.4, 0.5) is 10.9 Å². The molecule has 0 radical (unpaired) electrons. The Morgan fingerprint density at radius 1 is 1.39 bits per heavy atom. The van der Waals surface area contributed by atoms with Crippen molar-refractivity contribution in [2.75, 3.05) is 5.32 Å². The Morgan fingerprint density at radius 3 is 2.90 bits per heavy atom. The first-order chi connectivity index (χ1) is 14.9. The number of anilines is 2. The Bertz CT molecular complexity index is 1200. The molecule has 2 unspecified atom stereocenters. The summed E-state index contributed by atoms with van der Waals surface area (Å²) in [5, 5.41) is 5.41. The van der Waals surface area contributed by atoms with E-state index in [2.05, 4.69) is 59.7 Å². The van der Waals surface area contributed by atoms with E-state index in [0.29, 0.717) is 6.04 Å². The van der Waals surface area contributed by atoms with Crippen LogP contribution in [0.25, 0.3) is 16.5 Å². The molecule has 3 aromatic rings. The quantitative estimate of drug-likeness (QED) is 0.543. The number of hydrogen-bond donors (Lipinski definition) is 1. The van der Waals surface area contributed by atoms with Gasteiger partial charge < -0.3 is 14.8 Å². The summed E-state index contributed by atoms with van der Waals surface area (Å²) in [6, 6.07) is 4.97. The molecule has 1 saturated heterocycles. The van der Waals surface area contributed by atoms with Crippen LogP contribution in [0.15, 0.2) is 43.3 Å². The maximum Gasteiger partial charge on any atom is 0.246 e. The van der Waals surface area contributed by atoms with Gasteiger partial charge in [-0.25, -0.2) is 9.97 Å². The Hall–Kier alpha value is -2.93. The number of aryl methyl sites for hydroxylation is 1. The molecule has 2 aliphatic rings. The van der Waals surface area contributed by atoms with E-state index in [0.717, 1.165) is 51.7 Å². The Morgan fingerprint density at radius 2 is 2.23 bits per heavy atom. The summed E-state index contributed by atoms with van der Waals surface area (Å²) in [4.78, 5) is 25.0. The van der Waals surface area contributed by atoms with E-state index in [1.807, 2.05) is 18.0 Å². The molecule has 2 bridgehead atoms. The molecule has 31 heavy (non-hydrogen) atoms. The summed E-state index contributed by atoms with van der Waals surface area (Å²) < 4.78 is 2.28. The zero-order valence-electron chi connectivity index (χ0n) is 18.1. The van der Waals surface area contributed by atoms with Crippen LogP contribution in [0.3, 0.4) is 0 Å². The minimum Gasteiger partial charge on any atom is -0.345 e. The van der Waals surface area contributed by atoms with Crippen molar-refractivity contribution in [1.82, 2.24) is 19.4 Å². The highest BCUT2D eigenvalue weighted by Gasteiger charge is 2.39. The van der Waals surface area contributed by atoms with E-state index in [9.17, 15) is 4.79 Å². The molecule has 1 amide bonds. The molecule has 160 valence electrons. The molecule has 2 atom stereocenters. The van der Waals surface area contributed by atoms with Crippen molar-refractivity contribution in [3.8, 4) is 0 Å². The summed E-state index contributed by atoms with van der Waals surface area (Å²) >= 11 is 1.62. The third-order valence-corrected chi connectivity index (χ3v) is 7.09. The standard InChI is InChI=1S/C24H27N5OS/c1-5-22(30)29-17-6-7-18(29)11-16(10-17)23-19-8-9-28(14(2)3)20(19)12-21(26-23)27-24-25-13-15(4)31-24/h5,8-10,12-14,17-18H,1,6-7,11H2,2-4H3,(H,25,26,27). The predicted molar refractivity (Wildman–Crippen MR) is 127 cm³/mol. The molecule has 0 aliphatic carbocycles. The van der Waals surface area contributed by atoms with Gasteiger partial charge in [-0.3, -0.25) is 4.79 Å². The summed E-state index contributed by atoms with van der Waals surface area (Å²) in [6.45, 7) is 10.1. The van der Waals surface area contributed by atoms with Crippen LogP contribution in [-0.4, -0.2) is 37.4 Å². The van der Waals surface area contributed by atoms with Gasteiger partial charge in [0, 0.05) is 40.8 Å². The molecule has 0 aromatic carbocycles. The van der Waals surface area contributed by atoms with Crippen molar-refractivity contribution < 1.29 is 4.79 Å². The summed E-state index contributed by atoms with van der Waals surface area (Å²) in [6.07, 6.45) is 10.5. The Kier molecular flexibility index (Phi) is 4.93. The maximum absolute atomic E-state index is 12.4. The lowest BCUT2D eigenvalue weighted by molar-refractivity contribution is -0.128. The number of carbonyl (C=O) groups is 1. The normalized spacial score (nSPS) is 20.4. The van der Waals surface area contributed by atoms with Gasteiger partial charge in [0.2, 0.25) is 5.91 Å². The number of nitrogens with zero attached hydrogens (tertiary/aromatic N) is 4. The van der Waals surface area contributed by atoms with Gasteiger partial charge in [-0.2, -0.15) is 0 Å². The lowest BCUT2D eigenvalue weighted by atomic mass is 9.96. The molecule has 1 fully saturated rings. The van der Waals surface area contributed by atoms with Gasteiger partial charge in [0.1, 0.15) is 5.82 Å². The third-order valence-electron chi connectivity index (χ3n) is 6.26. The predicted octanol–water partition coefficient (Wildman–Crippen LogP) is 5.46. The van der Waals surface area contributed by atoms with Crippen molar-refractivity contribution in [1.29, 1.82) is 0 Å². The molecule has 6 nitrogen and oxygen atoms in total. The second kappa shape index (κ2) is 7.64. The molecular formula is C24H27N5OS. The SMILES string of the molecule is C=CC(=O)N1C2C=C(c3nc(Nc4ncc(C)s4)cc4c3ccn4C(C)C)CC1CC2. The average molecular weight is 434 g/mol. The monoisotopic (exact) mass is 433 g/mol. The number of rotatable bonds is 5. The van der Waals surface area contributed by atoms with E-state index < -0.39 is 0 Å². The smallest absolute Gasteiger partial charge is 0.246 e. The molecule has 3 aromatic heterocycles. The highest BCUT2D eigenvalue weighted by Crippen LogP contribution is 2.41. The topological polar surface area (TPSA) is 63.1 Å². The van der Waals surface area contributed by atoms with E-state index in [4.69, 9.17) is 4.98 Å². The van der Waals surface area contributed by atoms with E-state index in [1.54, 1.807) is 11.3 Å². The van der Waals surface area contributed by atoms with Crippen molar-refractivity contribution in [2.24, 2.45) is 0 Å². The molecule has 2 aliphatic heterocycles. The largest absolute Gasteiger partial charge is 0.345 e. The fourth-order valence-corrected chi connectivity index (χ4v) is 5.56. The van der Waals surface area contributed by atoms with Crippen LogP contribution in [0.2, 0.25) is 0 Å². The molecule has 5 rings (SSSR count). The number of pyridine rings is 1. The molecule has 5 heterocycles. The second-order valence-electron chi connectivity index (χ2n) is 8.65. The molecule has 1 N–H and O–H groups in total. The van der Waals surface area contributed by atoms with E-state index in [-0.39, 0.29) is 18.0 Å². The molecule has 0 spiro atoms. The van der Waals surface area contributed by atoms with Gasteiger partial charge in [-0.05, 0) is 57.7 Å². The maximum atomic E-state index is 12.4. The van der Waals surface area contributed by atoms with Crippen LogP contribution in [0.5, 0.6) is 0 Å². The highest BCUT2D eigenvalue weighted by molar-refractivity contribution is 7.15. The van der Waals surface area contributed by atoms with Gasteiger partial charge >= 0.3 is 0 Å². The number of aromatic nitrogens is 3. The number of fused-ring (bicyclic) bond motifs is 3. The van der Waals surface area contributed by atoms with Crippen LogP contribution < -0.4 is 5.32 Å². The van der Waals surface area contributed by atoms with Crippen molar-refractivity contribution >= 4 is 44.7 Å².